The third-order valence-corrected chi connectivity index (χ3v) is 2.63. The smallest absolute Gasteiger partial charge is 0.267 e. The van der Waals surface area contributed by atoms with E-state index in [2.05, 4.69) is 0 Å². The molecule has 72 valence electrons. The molecule has 0 aromatic heterocycles. The summed E-state index contributed by atoms with van der Waals surface area (Å²) in [6.07, 6.45) is 0. The summed E-state index contributed by atoms with van der Waals surface area (Å²) in [5.41, 5.74) is 0.272. The normalized spacial score (nSPS) is 15.1. The van der Waals surface area contributed by atoms with Gasteiger partial charge in [0.2, 0.25) is 10.9 Å². The minimum atomic E-state index is -3.19. The van der Waals surface area contributed by atoms with Crippen LogP contribution in [0.2, 0.25) is 0 Å². The largest absolute Gasteiger partial charge is 0.275 e. The number of hydrogen-bond acceptors (Lipinski definition) is 4. The van der Waals surface area contributed by atoms with E-state index in [4.69, 9.17) is 0 Å². The van der Waals surface area contributed by atoms with E-state index >= 15 is 0 Å². The molecule has 1 aliphatic rings. The lowest BCUT2D eigenvalue weighted by Crippen LogP contribution is -2.27. The van der Waals surface area contributed by atoms with Crippen LogP contribution in [0.4, 0.5) is 0 Å². The number of amides is 2. The summed E-state index contributed by atoms with van der Waals surface area (Å²) in [5.74, 6) is -1.55. The minimum absolute atomic E-state index is 0.136. The van der Waals surface area contributed by atoms with Gasteiger partial charge in [0.25, 0.3) is 11.8 Å². The van der Waals surface area contributed by atoms with Crippen molar-refractivity contribution < 1.29 is 18.0 Å². The van der Waals surface area contributed by atoms with Gasteiger partial charge in [-0.25, -0.2) is 8.42 Å². The second-order valence-electron chi connectivity index (χ2n) is 2.71. The van der Waals surface area contributed by atoms with E-state index in [1.165, 1.54) is 12.1 Å². The standard InChI is InChI=1S/C8H5NO4S/c10-7-5-3-1-2-4-6(5)8(11)9(7)14(12)13/h1-4,14H. The highest BCUT2D eigenvalue weighted by Gasteiger charge is 2.36. The highest BCUT2D eigenvalue weighted by molar-refractivity contribution is 7.71. The molecule has 1 aliphatic heterocycles. The number of hydrogen-bond donors (Lipinski definition) is 1. The molecule has 0 N–H and O–H groups in total. The van der Waals surface area contributed by atoms with Gasteiger partial charge in [0.1, 0.15) is 0 Å². The summed E-state index contributed by atoms with van der Waals surface area (Å²) < 4.78 is 21.5. The van der Waals surface area contributed by atoms with Crippen LogP contribution in [0.5, 0.6) is 0 Å². The zero-order chi connectivity index (χ0) is 10.3. The van der Waals surface area contributed by atoms with Crippen LogP contribution in [0.1, 0.15) is 20.7 Å². The maximum absolute atomic E-state index is 11.4. The molecule has 1 heterocycles. The lowest BCUT2D eigenvalue weighted by atomic mass is 10.1. The number of imide groups is 1. The van der Waals surface area contributed by atoms with E-state index in [1.807, 2.05) is 0 Å². The third-order valence-electron chi connectivity index (χ3n) is 1.94. The molecule has 2 amide bonds. The van der Waals surface area contributed by atoms with Crippen LogP contribution in [0.15, 0.2) is 24.3 Å². The van der Waals surface area contributed by atoms with Crippen molar-refractivity contribution in [2.75, 3.05) is 0 Å². The molecule has 14 heavy (non-hydrogen) atoms. The summed E-state index contributed by atoms with van der Waals surface area (Å²) in [6.45, 7) is 0. The molecule has 6 heteroatoms. The van der Waals surface area contributed by atoms with E-state index in [0.29, 0.717) is 0 Å². The number of thiol groups is 1. The Labute approximate surface area is 81.0 Å². The average Bonchev–Trinajstić information content (AvgIpc) is 2.41. The highest BCUT2D eigenvalue weighted by Crippen LogP contribution is 2.21. The molecule has 0 saturated heterocycles. The Morgan fingerprint density at radius 3 is 1.71 bits per heavy atom. The fourth-order valence-corrected chi connectivity index (χ4v) is 1.84. The fraction of sp³-hybridized carbons (Fsp3) is 0. The fourth-order valence-electron chi connectivity index (χ4n) is 1.32. The average molecular weight is 211 g/mol. The van der Waals surface area contributed by atoms with E-state index in [-0.39, 0.29) is 15.4 Å². The number of rotatable bonds is 1. The molecule has 0 aliphatic carbocycles. The van der Waals surface area contributed by atoms with Crippen molar-refractivity contribution in [2.24, 2.45) is 0 Å². The Hall–Kier alpha value is -1.69. The molecule has 0 fully saturated rings. The van der Waals surface area contributed by atoms with Crippen LogP contribution in [0, 0.1) is 0 Å². The second kappa shape index (κ2) is 2.91. The lowest BCUT2D eigenvalue weighted by molar-refractivity contribution is 0.0769. The van der Waals surface area contributed by atoms with Crippen molar-refractivity contribution in [1.29, 1.82) is 0 Å². The van der Waals surface area contributed by atoms with Crippen molar-refractivity contribution in [3.8, 4) is 0 Å². The zero-order valence-corrected chi connectivity index (χ0v) is 7.73. The van der Waals surface area contributed by atoms with E-state index in [0.717, 1.165) is 0 Å². The summed E-state index contributed by atoms with van der Waals surface area (Å²) >= 11 is 0. The monoisotopic (exact) mass is 211 g/mol. The molecule has 0 bridgehead atoms. The van der Waals surface area contributed by atoms with Crippen molar-refractivity contribution in [2.45, 2.75) is 0 Å². The van der Waals surface area contributed by atoms with Crippen molar-refractivity contribution >= 4 is 22.7 Å². The molecule has 1 aromatic rings. The third kappa shape index (κ3) is 1.04. The molecule has 5 nitrogen and oxygen atoms in total. The molecule has 2 rings (SSSR count). The first-order valence-corrected chi connectivity index (χ1v) is 4.88. The van der Waals surface area contributed by atoms with Crippen LogP contribution in [0.3, 0.4) is 0 Å². The van der Waals surface area contributed by atoms with Crippen molar-refractivity contribution in [3.05, 3.63) is 35.4 Å². The van der Waals surface area contributed by atoms with Crippen LogP contribution < -0.4 is 0 Å². The topological polar surface area (TPSA) is 71.5 Å². The molecule has 0 saturated carbocycles. The zero-order valence-electron chi connectivity index (χ0n) is 6.84. The SMILES string of the molecule is O=C1c2ccccc2C(=O)N1[SH](=O)=O. The van der Waals surface area contributed by atoms with E-state index < -0.39 is 22.7 Å². The van der Waals surface area contributed by atoms with Crippen LogP contribution >= 0.6 is 0 Å². The van der Waals surface area contributed by atoms with Gasteiger partial charge in [-0.3, -0.25) is 9.59 Å². The molecule has 0 atom stereocenters. The summed E-state index contributed by atoms with van der Waals surface area (Å²) in [7, 11) is -3.19. The molecule has 0 spiro atoms. The summed E-state index contributed by atoms with van der Waals surface area (Å²) in [4.78, 5) is 22.7. The van der Waals surface area contributed by atoms with Crippen LogP contribution in [-0.4, -0.2) is 24.5 Å². The maximum atomic E-state index is 11.4. The number of nitrogens with zero attached hydrogens (tertiary/aromatic N) is 1. The van der Waals surface area contributed by atoms with E-state index in [9.17, 15) is 18.0 Å². The molecule has 0 radical (unpaired) electrons. The Morgan fingerprint density at radius 1 is 0.929 bits per heavy atom. The number of fused-ring (bicyclic) bond motifs is 1. The van der Waals surface area contributed by atoms with Gasteiger partial charge in [-0.2, -0.15) is 4.31 Å². The first-order valence-electron chi connectivity index (χ1n) is 3.75. The predicted octanol–water partition coefficient (Wildman–Crippen LogP) is -0.191. The van der Waals surface area contributed by atoms with E-state index in [1.54, 1.807) is 12.1 Å². The second-order valence-corrected chi connectivity index (χ2v) is 3.58. The number of carbonyl (C=O) groups is 2. The molecule has 1 aromatic carbocycles. The van der Waals surface area contributed by atoms with Crippen molar-refractivity contribution in [3.63, 3.8) is 0 Å². The first kappa shape index (κ1) is 8.89. The maximum Gasteiger partial charge on any atom is 0.275 e. The van der Waals surface area contributed by atoms with Gasteiger partial charge >= 0.3 is 0 Å². The van der Waals surface area contributed by atoms with Gasteiger partial charge in [0, 0.05) is 0 Å². The van der Waals surface area contributed by atoms with Crippen molar-refractivity contribution in [1.82, 2.24) is 4.31 Å². The van der Waals surface area contributed by atoms with Gasteiger partial charge in [-0.05, 0) is 12.1 Å². The number of benzene rings is 1. The van der Waals surface area contributed by atoms with Gasteiger partial charge in [0.05, 0.1) is 11.1 Å². The van der Waals surface area contributed by atoms with Gasteiger partial charge in [-0.1, -0.05) is 12.1 Å². The Morgan fingerprint density at radius 2 is 1.36 bits per heavy atom. The molecule has 0 unspecified atom stereocenters. The van der Waals surface area contributed by atoms with Crippen LogP contribution in [0.25, 0.3) is 0 Å². The Kier molecular flexibility index (Phi) is 1.85. The quantitative estimate of drug-likeness (QED) is 0.516. The minimum Gasteiger partial charge on any atom is -0.267 e. The van der Waals surface area contributed by atoms with Gasteiger partial charge < -0.3 is 0 Å². The first-order chi connectivity index (χ1) is 6.63. The number of carbonyl (C=O) groups excluding carboxylic acids is 2. The van der Waals surface area contributed by atoms with Crippen LogP contribution in [-0.2, 0) is 10.9 Å². The predicted molar refractivity (Wildman–Crippen MR) is 47.3 cm³/mol. The molecular formula is C8H5NO4S. The highest BCUT2D eigenvalue weighted by atomic mass is 32.2. The van der Waals surface area contributed by atoms with Gasteiger partial charge in [0.15, 0.2) is 0 Å². The summed E-state index contributed by atoms with van der Waals surface area (Å²) in [5, 5.41) is 0. The lowest BCUT2D eigenvalue weighted by Gasteiger charge is -2.01. The molecular weight excluding hydrogens is 206 g/mol. The van der Waals surface area contributed by atoms with Gasteiger partial charge in [-0.15, -0.1) is 0 Å². The Bertz CT molecular complexity index is 463. The Balaban J connectivity index is 2.65. The summed E-state index contributed by atoms with van der Waals surface area (Å²) in [6, 6.07) is 6.00.